The summed E-state index contributed by atoms with van der Waals surface area (Å²) in [7, 11) is -5.58. The molecule has 0 amide bonds. The molecule has 0 heterocycles. The van der Waals surface area contributed by atoms with Gasteiger partial charge in [0.15, 0.2) is 0 Å². The normalized spacial score (nSPS) is 12.1. The van der Waals surface area contributed by atoms with Gasteiger partial charge < -0.3 is 4.84 Å². The maximum Gasteiger partial charge on any atom is 0.516 e. The molecule has 0 unspecified atom stereocenters. The van der Waals surface area contributed by atoms with Crippen LogP contribution in [0.2, 0.25) is 0 Å². The van der Waals surface area contributed by atoms with Gasteiger partial charge in [-0.25, -0.2) is 4.39 Å². The molecule has 0 fully saturated rings. The Kier molecular flexibility index (Phi) is 8.62. The number of benzene rings is 2. The lowest BCUT2D eigenvalue weighted by Gasteiger charge is -2.14. The summed E-state index contributed by atoms with van der Waals surface area (Å²) in [4.78, 5) is 5.06. The first-order valence-electron chi connectivity index (χ1n) is 8.61. The fraction of sp³-hybridized carbons (Fsp3) is 0.316. The Hall–Kier alpha value is -2.62. The second-order valence-corrected chi connectivity index (χ2v) is 7.32. The van der Waals surface area contributed by atoms with Gasteiger partial charge >= 0.3 is 15.5 Å². The number of halogens is 4. The van der Waals surface area contributed by atoms with Crippen LogP contribution in [0.4, 0.5) is 23.2 Å². The number of rotatable bonds is 6. The van der Waals surface area contributed by atoms with E-state index in [0.717, 1.165) is 0 Å². The molecule has 0 radical (unpaired) electrons. The van der Waals surface area contributed by atoms with Crippen molar-refractivity contribution in [2.24, 2.45) is 5.16 Å². The summed E-state index contributed by atoms with van der Waals surface area (Å²) in [6, 6.07) is 9.98. The van der Waals surface area contributed by atoms with E-state index in [4.69, 9.17) is 4.84 Å². The second-order valence-electron chi connectivity index (χ2n) is 5.64. The number of hydrogen-bond acceptors (Lipinski definition) is 4. The molecule has 2 aromatic carbocycles. The van der Waals surface area contributed by atoms with Crippen molar-refractivity contribution in [3.05, 3.63) is 65.0 Å². The largest absolute Gasteiger partial charge is 0.516 e. The summed E-state index contributed by atoms with van der Waals surface area (Å²) < 4.78 is 75.6. The molecule has 0 saturated carbocycles. The number of nitrogens with one attached hydrogen (secondary N) is 1. The molecule has 10 heteroatoms. The van der Waals surface area contributed by atoms with Gasteiger partial charge in [-0.15, -0.1) is 0 Å². The van der Waals surface area contributed by atoms with Gasteiger partial charge in [0.1, 0.15) is 12.4 Å². The Bertz CT molecular complexity index is 958. The molecule has 5 nitrogen and oxygen atoms in total. The molecule has 0 spiro atoms. The van der Waals surface area contributed by atoms with E-state index in [9.17, 15) is 26.0 Å². The summed E-state index contributed by atoms with van der Waals surface area (Å²) in [5.41, 5.74) is -4.61. The zero-order valence-electron chi connectivity index (χ0n) is 16.3. The van der Waals surface area contributed by atoms with Crippen molar-refractivity contribution in [2.45, 2.75) is 39.8 Å². The smallest absolute Gasteiger partial charge is 0.391 e. The fourth-order valence-corrected chi connectivity index (χ4v) is 2.70. The predicted octanol–water partition coefficient (Wildman–Crippen LogP) is 5.36. The number of sulfonamides is 1. The quantitative estimate of drug-likeness (QED) is 0.378. The van der Waals surface area contributed by atoms with Crippen molar-refractivity contribution >= 4 is 21.4 Å². The van der Waals surface area contributed by atoms with Crippen LogP contribution in [0.15, 0.2) is 47.6 Å². The second kappa shape index (κ2) is 10.2. The molecule has 0 aliphatic heterocycles. The van der Waals surface area contributed by atoms with Gasteiger partial charge in [-0.1, -0.05) is 48.8 Å². The van der Waals surface area contributed by atoms with E-state index in [2.05, 4.69) is 5.16 Å². The summed E-state index contributed by atoms with van der Waals surface area (Å²) in [5.74, 6) is -0.487. The Balaban J connectivity index is 0.00000204. The first kappa shape index (κ1) is 24.4. The van der Waals surface area contributed by atoms with Crippen LogP contribution in [0.5, 0.6) is 0 Å². The van der Waals surface area contributed by atoms with Crippen LogP contribution >= 0.6 is 0 Å². The van der Waals surface area contributed by atoms with E-state index in [1.807, 2.05) is 13.8 Å². The third kappa shape index (κ3) is 6.74. The number of nitrogens with zero attached hydrogens (tertiary/aromatic N) is 1. The third-order valence-corrected chi connectivity index (χ3v) is 4.59. The van der Waals surface area contributed by atoms with Crippen LogP contribution in [-0.4, -0.2) is 19.6 Å². The molecule has 0 aromatic heterocycles. The van der Waals surface area contributed by atoms with E-state index in [1.165, 1.54) is 48.0 Å². The van der Waals surface area contributed by atoms with Crippen molar-refractivity contribution in [1.29, 1.82) is 0 Å². The highest BCUT2D eigenvalue weighted by atomic mass is 32.2. The summed E-state index contributed by atoms with van der Waals surface area (Å²) >= 11 is 0. The van der Waals surface area contributed by atoms with Crippen molar-refractivity contribution in [3.63, 3.8) is 0 Å². The highest BCUT2D eigenvalue weighted by Crippen LogP contribution is 2.28. The number of anilines is 1. The maximum atomic E-state index is 13.5. The molecule has 1 N–H and O–H groups in total. The zero-order valence-corrected chi connectivity index (χ0v) is 17.2. The lowest BCUT2D eigenvalue weighted by Crippen LogP contribution is -2.30. The number of oxime groups is 1. The highest BCUT2D eigenvalue weighted by molar-refractivity contribution is 7.93. The molecule has 29 heavy (non-hydrogen) atoms. The van der Waals surface area contributed by atoms with E-state index in [0.29, 0.717) is 5.56 Å². The average Bonchev–Trinajstić information content (AvgIpc) is 2.65. The van der Waals surface area contributed by atoms with Crippen LogP contribution in [0.3, 0.4) is 0 Å². The van der Waals surface area contributed by atoms with Gasteiger partial charge in [-0.3, -0.25) is 4.72 Å². The lowest BCUT2D eigenvalue weighted by molar-refractivity contribution is -0.0429. The van der Waals surface area contributed by atoms with E-state index in [1.54, 1.807) is 13.0 Å². The van der Waals surface area contributed by atoms with E-state index in [-0.39, 0.29) is 29.1 Å². The topological polar surface area (TPSA) is 67.8 Å². The Morgan fingerprint density at radius 1 is 1.14 bits per heavy atom. The molecular weight excluding hydrogens is 412 g/mol. The van der Waals surface area contributed by atoms with Crippen LogP contribution in [-0.2, 0) is 21.5 Å². The molecule has 2 rings (SSSR count). The monoisotopic (exact) mass is 434 g/mol. The zero-order chi connectivity index (χ0) is 22.2. The first-order chi connectivity index (χ1) is 13.5. The highest BCUT2D eigenvalue weighted by Gasteiger charge is 2.46. The molecule has 160 valence electrons. The SMILES string of the molecule is C/C(=N\OCc1ccccc1F)c1cc(C)ccc1NS(=O)(=O)C(F)(F)F.CC. The Morgan fingerprint density at radius 2 is 1.76 bits per heavy atom. The first-order valence-corrected chi connectivity index (χ1v) is 10.1. The van der Waals surface area contributed by atoms with Gasteiger partial charge in [0.25, 0.3) is 0 Å². The van der Waals surface area contributed by atoms with Crippen molar-refractivity contribution < 1.29 is 30.8 Å². The van der Waals surface area contributed by atoms with Crippen LogP contribution in [0, 0.1) is 12.7 Å². The summed E-state index contributed by atoms with van der Waals surface area (Å²) in [5, 5.41) is 3.76. The van der Waals surface area contributed by atoms with Crippen molar-refractivity contribution in [1.82, 2.24) is 0 Å². The van der Waals surface area contributed by atoms with Crippen LogP contribution < -0.4 is 4.72 Å². The van der Waals surface area contributed by atoms with Crippen LogP contribution in [0.1, 0.15) is 37.5 Å². The van der Waals surface area contributed by atoms with E-state index >= 15 is 0 Å². The molecule has 0 saturated heterocycles. The minimum Gasteiger partial charge on any atom is -0.391 e. The molecule has 0 atom stereocenters. The molecule has 0 bridgehead atoms. The van der Waals surface area contributed by atoms with Crippen molar-refractivity contribution in [3.8, 4) is 0 Å². The van der Waals surface area contributed by atoms with Gasteiger partial charge in [-0.2, -0.15) is 21.6 Å². The molecule has 0 aliphatic rings. The number of alkyl halides is 3. The van der Waals surface area contributed by atoms with Gasteiger partial charge in [0, 0.05) is 11.1 Å². The maximum absolute atomic E-state index is 13.5. The van der Waals surface area contributed by atoms with Gasteiger partial charge in [-0.05, 0) is 32.0 Å². The number of aryl methyl sites for hydroxylation is 1. The Labute approximate surface area is 167 Å². The summed E-state index contributed by atoms with van der Waals surface area (Å²) in [6.07, 6.45) is 0. The lowest BCUT2D eigenvalue weighted by atomic mass is 10.1. The summed E-state index contributed by atoms with van der Waals surface area (Å²) in [6.45, 7) is 6.92. The third-order valence-electron chi connectivity index (χ3n) is 3.49. The standard InChI is InChI=1S/C17H16F4N2O3S.C2H6/c1-11-7-8-16(23-27(24,25)17(19,20)21)14(9-11)12(2)22-26-10-13-5-3-4-6-15(13)18;1-2/h3-9,23H,10H2,1-2H3;1-2H3/b22-12+;. The minimum absolute atomic E-state index is 0.108. The van der Waals surface area contributed by atoms with Gasteiger partial charge in [0.05, 0.1) is 11.4 Å². The predicted molar refractivity (Wildman–Crippen MR) is 105 cm³/mol. The molecular formula is C19H22F4N2O3S. The van der Waals surface area contributed by atoms with Crippen LogP contribution in [0.25, 0.3) is 0 Å². The average molecular weight is 434 g/mol. The molecule has 2 aromatic rings. The fourth-order valence-electron chi connectivity index (χ4n) is 2.11. The Morgan fingerprint density at radius 3 is 2.34 bits per heavy atom. The van der Waals surface area contributed by atoms with Crippen molar-refractivity contribution in [2.75, 3.05) is 4.72 Å². The number of hydrogen-bond donors (Lipinski definition) is 1. The van der Waals surface area contributed by atoms with Gasteiger partial charge in [0.2, 0.25) is 0 Å². The minimum atomic E-state index is -5.58. The van der Waals surface area contributed by atoms with E-state index < -0.39 is 21.3 Å². The molecule has 0 aliphatic carbocycles.